The molecule has 0 radical (unpaired) electrons. The van der Waals surface area contributed by atoms with Crippen molar-refractivity contribution in [2.24, 2.45) is 0 Å². The van der Waals surface area contributed by atoms with Crippen LogP contribution in [0.15, 0.2) is 24.3 Å². The smallest absolute Gasteiger partial charge is 0.306 e. The number of unbranched alkanes of at least 4 members (excludes halogenated alkanes) is 24. The zero-order valence-corrected chi connectivity index (χ0v) is 37.4. The number of esters is 3. The van der Waals surface area contributed by atoms with E-state index in [4.69, 9.17) is 14.2 Å². The van der Waals surface area contributed by atoms with Gasteiger partial charge in [0.2, 0.25) is 0 Å². The summed E-state index contributed by atoms with van der Waals surface area (Å²) in [6.07, 6.45) is 45.8. The lowest BCUT2D eigenvalue weighted by atomic mass is 10.0. The molecule has 0 bridgehead atoms. The number of allylic oxidation sites excluding steroid dienone is 2. The van der Waals surface area contributed by atoms with Gasteiger partial charge in [0.15, 0.2) is 0 Å². The summed E-state index contributed by atoms with van der Waals surface area (Å²) in [5.41, 5.74) is 0. The van der Waals surface area contributed by atoms with Crippen molar-refractivity contribution in [1.29, 1.82) is 0 Å². The molecule has 328 valence electrons. The van der Waals surface area contributed by atoms with Crippen LogP contribution >= 0.6 is 0 Å². The second-order valence-corrected chi connectivity index (χ2v) is 16.5. The highest BCUT2D eigenvalue weighted by Gasteiger charge is 2.14. The van der Waals surface area contributed by atoms with E-state index in [2.05, 4.69) is 30.9 Å². The summed E-state index contributed by atoms with van der Waals surface area (Å²) in [6.45, 7) is 6.19. The quantitative estimate of drug-likeness (QED) is 0.0263. The van der Waals surface area contributed by atoms with Gasteiger partial charge >= 0.3 is 17.9 Å². The van der Waals surface area contributed by atoms with E-state index < -0.39 is 0 Å². The van der Waals surface area contributed by atoms with Gasteiger partial charge in [-0.05, 0) is 91.3 Å². The molecule has 0 N–H and O–H groups in total. The van der Waals surface area contributed by atoms with Crippen LogP contribution in [0.4, 0.5) is 0 Å². The number of hydrogen-bond donors (Lipinski definition) is 0. The first kappa shape index (κ1) is 53.9. The van der Waals surface area contributed by atoms with E-state index in [0.717, 1.165) is 103 Å². The van der Waals surface area contributed by atoms with Gasteiger partial charge in [0.05, 0.1) is 0 Å². The summed E-state index contributed by atoms with van der Waals surface area (Å²) in [7, 11) is 4.07. The molecule has 0 unspecified atom stereocenters. The Labute approximate surface area is 346 Å². The van der Waals surface area contributed by atoms with E-state index >= 15 is 0 Å². The molecule has 0 spiro atoms. The average Bonchev–Trinajstić information content (AvgIpc) is 3.17. The summed E-state index contributed by atoms with van der Waals surface area (Å²) in [6, 6.07) is 0. The van der Waals surface area contributed by atoms with Crippen LogP contribution < -0.4 is 0 Å². The number of carbonyl (C=O) groups excluding carboxylic acids is 3. The molecule has 56 heavy (non-hydrogen) atoms. The Morgan fingerprint density at radius 2 is 0.786 bits per heavy atom. The number of rotatable bonds is 43. The summed E-state index contributed by atoms with van der Waals surface area (Å²) in [5.74, 6) is -0.214. The van der Waals surface area contributed by atoms with Gasteiger partial charge in [0, 0.05) is 19.3 Å². The normalized spacial score (nSPS) is 11.8. The summed E-state index contributed by atoms with van der Waals surface area (Å²) < 4.78 is 16.7. The molecule has 0 aromatic carbocycles. The standard InChI is InChI=1S/C49H91NO6/c1-5-7-9-11-13-15-23-29-35-44-54-47(51)40-33-27-21-17-19-25-31-38-46(56-49(53)42-37-43-50(3)4)39-32-26-20-18-22-28-34-41-48(52)55-45-36-30-24-16-14-12-10-8-6-2/h29-30,35-36,46H,5-28,31-34,37-45H2,1-4H3/b35-29-,36-30-. The minimum atomic E-state index is -0.0804. The van der Waals surface area contributed by atoms with Gasteiger partial charge in [-0.2, -0.15) is 0 Å². The third-order valence-corrected chi connectivity index (χ3v) is 10.6. The fourth-order valence-electron chi connectivity index (χ4n) is 6.98. The van der Waals surface area contributed by atoms with E-state index in [1.54, 1.807) is 0 Å². The monoisotopic (exact) mass is 790 g/mol. The third-order valence-electron chi connectivity index (χ3n) is 10.6. The number of nitrogens with zero attached hydrogens (tertiary/aromatic N) is 1. The molecule has 0 fully saturated rings. The van der Waals surface area contributed by atoms with Crippen molar-refractivity contribution >= 4 is 17.9 Å². The molecule has 0 saturated heterocycles. The first-order valence-corrected chi connectivity index (χ1v) is 23.8. The number of carbonyl (C=O) groups is 3. The van der Waals surface area contributed by atoms with Crippen LogP contribution in [0.1, 0.15) is 232 Å². The predicted octanol–water partition coefficient (Wildman–Crippen LogP) is 14.0. The Morgan fingerprint density at radius 3 is 1.20 bits per heavy atom. The van der Waals surface area contributed by atoms with Gasteiger partial charge in [-0.15, -0.1) is 0 Å². The third kappa shape index (κ3) is 43.0. The maximum absolute atomic E-state index is 12.6. The van der Waals surface area contributed by atoms with Gasteiger partial charge in [-0.3, -0.25) is 14.4 Å². The Kier molecular flexibility index (Phi) is 42.3. The van der Waals surface area contributed by atoms with Crippen LogP contribution in [-0.2, 0) is 28.6 Å². The van der Waals surface area contributed by atoms with Gasteiger partial charge in [-0.25, -0.2) is 0 Å². The molecule has 0 aliphatic rings. The van der Waals surface area contributed by atoms with Crippen molar-refractivity contribution in [2.75, 3.05) is 33.9 Å². The zero-order chi connectivity index (χ0) is 41.0. The maximum atomic E-state index is 12.6. The van der Waals surface area contributed by atoms with E-state index in [-0.39, 0.29) is 24.0 Å². The van der Waals surface area contributed by atoms with E-state index in [0.29, 0.717) is 32.5 Å². The highest BCUT2D eigenvalue weighted by atomic mass is 16.5. The largest absolute Gasteiger partial charge is 0.462 e. The van der Waals surface area contributed by atoms with Crippen molar-refractivity contribution in [1.82, 2.24) is 4.90 Å². The fraction of sp³-hybridized carbons (Fsp3) is 0.857. The van der Waals surface area contributed by atoms with Crippen molar-refractivity contribution in [3.05, 3.63) is 24.3 Å². The first-order chi connectivity index (χ1) is 27.4. The van der Waals surface area contributed by atoms with Crippen LogP contribution in [0.5, 0.6) is 0 Å². The first-order valence-electron chi connectivity index (χ1n) is 23.8. The van der Waals surface area contributed by atoms with Crippen LogP contribution in [0.2, 0.25) is 0 Å². The highest BCUT2D eigenvalue weighted by Crippen LogP contribution is 2.19. The Balaban J connectivity index is 3.99. The van der Waals surface area contributed by atoms with Crippen LogP contribution in [0, 0.1) is 0 Å². The van der Waals surface area contributed by atoms with Gasteiger partial charge in [0.25, 0.3) is 0 Å². The summed E-state index contributed by atoms with van der Waals surface area (Å²) in [4.78, 5) is 38.8. The second kappa shape index (κ2) is 44.0. The van der Waals surface area contributed by atoms with E-state index in [1.165, 1.54) is 103 Å². The molecule has 7 nitrogen and oxygen atoms in total. The van der Waals surface area contributed by atoms with Gasteiger partial charge in [0.1, 0.15) is 19.3 Å². The molecular weight excluding hydrogens is 699 g/mol. The molecule has 0 amide bonds. The van der Waals surface area contributed by atoms with Crippen molar-refractivity contribution in [2.45, 2.75) is 238 Å². The molecule has 0 aliphatic heterocycles. The lowest BCUT2D eigenvalue weighted by molar-refractivity contribution is -0.150. The van der Waals surface area contributed by atoms with Crippen LogP contribution in [0.3, 0.4) is 0 Å². The van der Waals surface area contributed by atoms with Gasteiger partial charge in [-0.1, -0.05) is 167 Å². The van der Waals surface area contributed by atoms with E-state index in [9.17, 15) is 14.4 Å². The molecule has 0 saturated carbocycles. The SMILES string of the molecule is CCCCCCCC/C=C\COC(=O)CCCCCCCCCC(CCCCCCCCCC(=O)OC/C=C\CCCCCCCC)OC(=O)CCCN(C)C. The molecule has 0 atom stereocenters. The fourth-order valence-corrected chi connectivity index (χ4v) is 6.98. The lowest BCUT2D eigenvalue weighted by Crippen LogP contribution is -2.20. The zero-order valence-electron chi connectivity index (χ0n) is 37.4. The maximum Gasteiger partial charge on any atom is 0.306 e. The average molecular weight is 790 g/mol. The minimum Gasteiger partial charge on any atom is -0.462 e. The Hall–Kier alpha value is -2.15. The molecule has 0 aromatic rings. The predicted molar refractivity (Wildman–Crippen MR) is 237 cm³/mol. The van der Waals surface area contributed by atoms with Crippen LogP contribution in [-0.4, -0.2) is 62.8 Å². The van der Waals surface area contributed by atoms with Gasteiger partial charge < -0.3 is 19.1 Å². The molecule has 0 heterocycles. The Bertz CT molecular complexity index is 872. The number of hydrogen-bond acceptors (Lipinski definition) is 7. The molecule has 7 heteroatoms. The van der Waals surface area contributed by atoms with Crippen molar-refractivity contribution < 1.29 is 28.6 Å². The molecule has 0 rings (SSSR count). The summed E-state index contributed by atoms with van der Waals surface area (Å²) in [5, 5.41) is 0. The topological polar surface area (TPSA) is 82.1 Å². The Morgan fingerprint density at radius 1 is 0.429 bits per heavy atom. The number of ether oxygens (including phenoxy) is 3. The minimum absolute atomic E-state index is 0.0228. The summed E-state index contributed by atoms with van der Waals surface area (Å²) >= 11 is 0. The van der Waals surface area contributed by atoms with Crippen LogP contribution in [0.25, 0.3) is 0 Å². The van der Waals surface area contributed by atoms with Crippen molar-refractivity contribution in [3.8, 4) is 0 Å². The highest BCUT2D eigenvalue weighted by molar-refractivity contribution is 5.70. The molecule has 0 aromatic heterocycles. The lowest BCUT2D eigenvalue weighted by Gasteiger charge is -2.18. The van der Waals surface area contributed by atoms with Crippen molar-refractivity contribution in [3.63, 3.8) is 0 Å². The van der Waals surface area contributed by atoms with E-state index in [1.807, 2.05) is 26.2 Å². The second-order valence-electron chi connectivity index (χ2n) is 16.5. The molecular formula is C49H91NO6. The molecule has 0 aliphatic carbocycles.